The fourth-order valence-electron chi connectivity index (χ4n) is 1.66. The van der Waals surface area contributed by atoms with E-state index in [9.17, 15) is 0 Å². The lowest BCUT2D eigenvalue weighted by molar-refractivity contribution is 0.541. The van der Waals surface area contributed by atoms with Crippen LogP contribution in [0.25, 0.3) is 0 Å². The molecule has 2 aromatic rings. The van der Waals surface area contributed by atoms with Gasteiger partial charge in [-0.05, 0) is 20.8 Å². The van der Waals surface area contributed by atoms with Crippen molar-refractivity contribution in [1.29, 1.82) is 0 Å². The Bertz CT molecular complexity index is 486. The van der Waals surface area contributed by atoms with Crippen molar-refractivity contribution in [3.63, 3.8) is 0 Å². The topological polar surface area (TPSA) is 48.5 Å². The third-order valence-corrected chi connectivity index (χ3v) is 2.81. The van der Waals surface area contributed by atoms with Gasteiger partial charge in [-0.2, -0.15) is 0 Å². The molecule has 1 atom stereocenters. The number of halogens is 1. The van der Waals surface area contributed by atoms with E-state index in [0.717, 1.165) is 11.4 Å². The molecule has 0 saturated carbocycles. The van der Waals surface area contributed by atoms with Crippen molar-refractivity contribution >= 4 is 11.6 Å². The number of hydrogen-bond acceptors (Lipinski definition) is 3. The summed E-state index contributed by atoms with van der Waals surface area (Å²) >= 11 is 5.95. The molecule has 0 aliphatic carbocycles. The first-order valence-electron chi connectivity index (χ1n) is 5.62. The minimum Gasteiger partial charge on any atom is -0.330 e. The van der Waals surface area contributed by atoms with Gasteiger partial charge in [0.15, 0.2) is 0 Å². The van der Waals surface area contributed by atoms with Crippen molar-refractivity contribution in [2.75, 3.05) is 0 Å². The lowest BCUT2D eigenvalue weighted by Gasteiger charge is -2.11. The third-order valence-electron chi connectivity index (χ3n) is 2.59. The van der Waals surface area contributed by atoms with Gasteiger partial charge in [0, 0.05) is 6.04 Å². The smallest absolute Gasteiger partial charge is 0.100 e. The Balaban J connectivity index is 2.17. The molecule has 5 nitrogen and oxygen atoms in total. The summed E-state index contributed by atoms with van der Waals surface area (Å²) in [6.07, 6.45) is 5.56. The molecule has 2 heterocycles. The van der Waals surface area contributed by atoms with E-state index in [-0.39, 0.29) is 5.38 Å². The maximum absolute atomic E-state index is 5.95. The highest BCUT2D eigenvalue weighted by molar-refractivity contribution is 6.20. The Morgan fingerprint density at radius 3 is 2.71 bits per heavy atom. The number of aromatic nitrogens is 5. The van der Waals surface area contributed by atoms with Gasteiger partial charge in [-0.15, -0.1) is 16.7 Å². The highest BCUT2D eigenvalue weighted by Gasteiger charge is 2.09. The fourth-order valence-corrected chi connectivity index (χ4v) is 1.76. The SMILES string of the molecule is CC(Cl)c1cn(Cc2cncn2C(C)C)nn1. The molecular weight excluding hydrogens is 238 g/mol. The largest absolute Gasteiger partial charge is 0.330 e. The van der Waals surface area contributed by atoms with Gasteiger partial charge in [0.05, 0.1) is 36.3 Å². The molecule has 2 rings (SSSR count). The highest BCUT2D eigenvalue weighted by atomic mass is 35.5. The fraction of sp³-hybridized carbons (Fsp3) is 0.545. The molecule has 0 spiro atoms. The zero-order valence-electron chi connectivity index (χ0n) is 10.2. The predicted molar refractivity (Wildman–Crippen MR) is 66.0 cm³/mol. The molecule has 0 aliphatic heterocycles. The zero-order chi connectivity index (χ0) is 12.4. The molecule has 92 valence electrons. The summed E-state index contributed by atoms with van der Waals surface area (Å²) in [6, 6.07) is 0.391. The summed E-state index contributed by atoms with van der Waals surface area (Å²) in [4.78, 5) is 4.16. The molecule has 1 unspecified atom stereocenters. The van der Waals surface area contributed by atoms with Gasteiger partial charge in [0.1, 0.15) is 5.69 Å². The molecule has 0 aliphatic rings. The van der Waals surface area contributed by atoms with Gasteiger partial charge in [-0.25, -0.2) is 9.67 Å². The summed E-state index contributed by atoms with van der Waals surface area (Å²) in [5, 5.41) is 7.96. The predicted octanol–water partition coefficient (Wildman–Crippen LogP) is 2.40. The van der Waals surface area contributed by atoms with Gasteiger partial charge in [0.25, 0.3) is 0 Å². The van der Waals surface area contributed by atoms with Crippen LogP contribution < -0.4 is 0 Å². The second kappa shape index (κ2) is 4.87. The van der Waals surface area contributed by atoms with E-state index >= 15 is 0 Å². The summed E-state index contributed by atoms with van der Waals surface area (Å²) < 4.78 is 3.90. The number of alkyl halides is 1. The lowest BCUT2D eigenvalue weighted by atomic mass is 10.3. The standard InChI is InChI=1S/C11H16ClN5/c1-8(2)17-7-13-4-10(17)5-16-6-11(9(3)12)14-15-16/h4,6-9H,5H2,1-3H3. The quantitative estimate of drug-likeness (QED) is 0.787. The Morgan fingerprint density at radius 2 is 2.12 bits per heavy atom. The molecule has 0 N–H and O–H groups in total. The average Bonchev–Trinajstić information content (AvgIpc) is 2.86. The minimum atomic E-state index is -0.112. The van der Waals surface area contributed by atoms with E-state index in [1.165, 1.54) is 0 Å². The van der Waals surface area contributed by atoms with Gasteiger partial charge >= 0.3 is 0 Å². The maximum Gasteiger partial charge on any atom is 0.100 e. The van der Waals surface area contributed by atoms with Crippen LogP contribution in [0, 0.1) is 0 Å². The van der Waals surface area contributed by atoms with Crippen LogP contribution in [0.1, 0.15) is 43.6 Å². The molecule has 17 heavy (non-hydrogen) atoms. The molecule has 0 radical (unpaired) electrons. The van der Waals surface area contributed by atoms with Crippen LogP contribution >= 0.6 is 11.6 Å². The summed E-state index contributed by atoms with van der Waals surface area (Å²) in [7, 11) is 0. The Labute approximate surface area is 105 Å². The van der Waals surface area contributed by atoms with Crippen LogP contribution in [-0.4, -0.2) is 24.5 Å². The van der Waals surface area contributed by atoms with Crippen LogP contribution in [0.2, 0.25) is 0 Å². The van der Waals surface area contributed by atoms with E-state index in [4.69, 9.17) is 11.6 Å². The average molecular weight is 254 g/mol. The first-order valence-corrected chi connectivity index (χ1v) is 6.06. The Morgan fingerprint density at radius 1 is 1.35 bits per heavy atom. The second-order valence-corrected chi connectivity index (χ2v) is 5.00. The van der Waals surface area contributed by atoms with Crippen molar-refractivity contribution < 1.29 is 0 Å². The second-order valence-electron chi connectivity index (χ2n) is 4.34. The van der Waals surface area contributed by atoms with Crippen LogP contribution in [0.4, 0.5) is 0 Å². The van der Waals surface area contributed by atoms with Crippen molar-refractivity contribution in [3.05, 3.63) is 30.1 Å². The van der Waals surface area contributed by atoms with Crippen molar-refractivity contribution in [2.24, 2.45) is 0 Å². The van der Waals surface area contributed by atoms with Crippen LogP contribution in [0.3, 0.4) is 0 Å². The normalized spacial score (nSPS) is 13.2. The first kappa shape index (κ1) is 12.1. The summed E-state index contributed by atoms with van der Waals surface area (Å²) in [6.45, 7) is 6.79. The Hall–Kier alpha value is -1.36. The van der Waals surface area contributed by atoms with Crippen LogP contribution in [-0.2, 0) is 6.54 Å². The first-order chi connectivity index (χ1) is 8.08. The Kier molecular flexibility index (Phi) is 3.47. The maximum atomic E-state index is 5.95. The molecule has 0 bridgehead atoms. The van der Waals surface area contributed by atoms with E-state index in [1.807, 2.05) is 25.6 Å². The van der Waals surface area contributed by atoms with Crippen LogP contribution in [0.15, 0.2) is 18.7 Å². The van der Waals surface area contributed by atoms with Crippen molar-refractivity contribution in [1.82, 2.24) is 24.5 Å². The van der Waals surface area contributed by atoms with E-state index in [1.54, 1.807) is 4.68 Å². The minimum absolute atomic E-state index is 0.112. The number of hydrogen-bond donors (Lipinski definition) is 0. The number of imidazole rings is 1. The van der Waals surface area contributed by atoms with Crippen molar-refractivity contribution in [3.8, 4) is 0 Å². The van der Waals surface area contributed by atoms with E-state index in [0.29, 0.717) is 12.6 Å². The zero-order valence-corrected chi connectivity index (χ0v) is 11.0. The molecule has 0 aromatic carbocycles. The summed E-state index contributed by atoms with van der Waals surface area (Å²) in [5.74, 6) is 0. The molecule has 0 amide bonds. The molecule has 0 saturated heterocycles. The van der Waals surface area contributed by atoms with Crippen molar-refractivity contribution in [2.45, 2.75) is 38.7 Å². The number of rotatable bonds is 4. The highest BCUT2D eigenvalue weighted by Crippen LogP contribution is 2.16. The molecule has 0 fully saturated rings. The van der Waals surface area contributed by atoms with Crippen LogP contribution in [0.5, 0.6) is 0 Å². The molecule has 6 heteroatoms. The van der Waals surface area contributed by atoms with Gasteiger partial charge in [-0.3, -0.25) is 0 Å². The lowest BCUT2D eigenvalue weighted by Crippen LogP contribution is -2.09. The third kappa shape index (κ3) is 2.66. The van der Waals surface area contributed by atoms with Gasteiger partial charge in [0.2, 0.25) is 0 Å². The molecular formula is C11H16ClN5. The van der Waals surface area contributed by atoms with E-state index < -0.39 is 0 Å². The van der Waals surface area contributed by atoms with Gasteiger partial charge < -0.3 is 4.57 Å². The van der Waals surface area contributed by atoms with E-state index in [2.05, 4.69) is 33.7 Å². The molecule has 2 aromatic heterocycles. The van der Waals surface area contributed by atoms with Gasteiger partial charge in [-0.1, -0.05) is 5.21 Å². The monoisotopic (exact) mass is 253 g/mol. The number of nitrogens with zero attached hydrogens (tertiary/aromatic N) is 5. The summed E-state index contributed by atoms with van der Waals surface area (Å²) in [5.41, 5.74) is 1.90.